The van der Waals surface area contributed by atoms with Crippen LogP contribution in [0.1, 0.15) is 20.8 Å². The van der Waals surface area contributed by atoms with Crippen molar-refractivity contribution < 1.29 is 23.7 Å². The van der Waals surface area contributed by atoms with Crippen LogP contribution in [-0.2, 0) is 23.7 Å². The summed E-state index contributed by atoms with van der Waals surface area (Å²) < 4.78 is 28.5. The molecule has 0 N–H and O–H groups in total. The first-order chi connectivity index (χ1) is 8.90. The maximum absolute atomic E-state index is 9.21. The molecule has 2 aliphatic rings. The highest BCUT2D eigenvalue weighted by Gasteiger charge is 2.60. The Morgan fingerprint density at radius 2 is 1.63 bits per heavy atom. The summed E-state index contributed by atoms with van der Waals surface area (Å²) in [6.07, 6.45) is -0.904. The number of rotatable bonds is 2. The fourth-order valence-corrected chi connectivity index (χ4v) is 2.56. The van der Waals surface area contributed by atoms with E-state index in [2.05, 4.69) is 6.07 Å². The zero-order valence-corrected chi connectivity index (χ0v) is 12.0. The van der Waals surface area contributed by atoms with Crippen LogP contribution in [0.3, 0.4) is 0 Å². The quantitative estimate of drug-likeness (QED) is 0.748. The van der Waals surface area contributed by atoms with Crippen molar-refractivity contribution in [2.45, 2.75) is 50.7 Å². The van der Waals surface area contributed by atoms with Crippen LogP contribution in [0.25, 0.3) is 0 Å². The predicted molar refractivity (Wildman–Crippen MR) is 65.1 cm³/mol. The highest BCUT2D eigenvalue weighted by Crippen LogP contribution is 2.43. The standard InChI is InChI=1S/C13H21NO5/c1-8-10-11(9(6-14)7-17-8)19-13(3,16-5)12(2,15-4)18-10/h8-11H,7H2,1-5H3/t8-,9+,10+,11+,12-,13-/m0/s1. The summed E-state index contributed by atoms with van der Waals surface area (Å²) in [6, 6.07) is 2.20. The van der Waals surface area contributed by atoms with Crippen molar-refractivity contribution in [2.24, 2.45) is 5.92 Å². The summed E-state index contributed by atoms with van der Waals surface area (Å²) >= 11 is 0. The van der Waals surface area contributed by atoms with Crippen LogP contribution in [0.2, 0.25) is 0 Å². The molecule has 0 saturated carbocycles. The molecule has 6 nitrogen and oxygen atoms in total. The molecule has 6 heteroatoms. The average molecular weight is 271 g/mol. The van der Waals surface area contributed by atoms with Gasteiger partial charge in [0.15, 0.2) is 0 Å². The van der Waals surface area contributed by atoms with Crippen molar-refractivity contribution in [3.8, 4) is 6.07 Å². The molecule has 2 fully saturated rings. The van der Waals surface area contributed by atoms with Gasteiger partial charge in [-0.1, -0.05) is 0 Å². The Morgan fingerprint density at radius 3 is 2.11 bits per heavy atom. The van der Waals surface area contributed by atoms with E-state index < -0.39 is 11.6 Å². The van der Waals surface area contributed by atoms with E-state index in [-0.39, 0.29) is 24.2 Å². The molecule has 0 aliphatic carbocycles. The fraction of sp³-hybridized carbons (Fsp3) is 0.923. The topological polar surface area (TPSA) is 69.9 Å². The lowest BCUT2D eigenvalue weighted by atomic mass is 9.90. The van der Waals surface area contributed by atoms with Gasteiger partial charge in [0.25, 0.3) is 0 Å². The van der Waals surface area contributed by atoms with E-state index in [1.54, 1.807) is 13.8 Å². The van der Waals surface area contributed by atoms with E-state index >= 15 is 0 Å². The molecule has 2 rings (SSSR count). The van der Waals surface area contributed by atoms with Crippen molar-refractivity contribution in [1.29, 1.82) is 5.26 Å². The van der Waals surface area contributed by atoms with E-state index in [0.29, 0.717) is 6.61 Å². The van der Waals surface area contributed by atoms with Crippen LogP contribution >= 0.6 is 0 Å². The molecule has 2 saturated heterocycles. The summed E-state index contributed by atoms with van der Waals surface area (Å²) in [4.78, 5) is 0. The highest BCUT2D eigenvalue weighted by atomic mass is 16.8. The molecule has 19 heavy (non-hydrogen) atoms. The monoisotopic (exact) mass is 271 g/mol. The van der Waals surface area contributed by atoms with E-state index in [0.717, 1.165) is 0 Å². The first-order valence-electron chi connectivity index (χ1n) is 6.38. The second-order valence-electron chi connectivity index (χ2n) is 5.24. The van der Waals surface area contributed by atoms with Gasteiger partial charge < -0.3 is 23.7 Å². The van der Waals surface area contributed by atoms with Crippen molar-refractivity contribution in [3.63, 3.8) is 0 Å². The molecule has 0 amide bonds. The minimum absolute atomic E-state index is 0.162. The Kier molecular flexibility index (Phi) is 3.87. The van der Waals surface area contributed by atoms with E-state index in [9.17, 15) is 5.26 Å². The summed E-state index contributed by atoms with van der Waals surface area (Å²) in [5.74, 6) is -2.51. The fourth-order valence-electron chi connectivity index (χ4n) is 2.56. The molecule has 2 aliphatic heterocycles. The van der Waals surface area contributed by atoms with Gasteiger partial charge in [-0.3, -0.25) is 0 Å². The number of ether oxygens (including phenoxy) is 5. The van der Waals surface area contributed by atoms with Gasteiger partial charge in [-0.15, -0.1) is 0 Å². The predicted octanol–water partition coefficient (Wildman–Crippen LogP) is 1.05. The third-order valence-corrected chi connectivity index (χ3v) is 4.21. The van der Waals surface area contributed by atoms with Crippen LogP contribution in [0, 0.1) is 17.2 Å². The SMILES string of the molecule is CO[C@@]1(C)O[C@H]2[C@H](O[C@]1(C)OC)[C@H](C)OC[C@H]2C#N. The maximum atomic E-state index is 9.21. The van der Waals surface area contributed by atoms with Crippen LogP contribution in [0.15, 0.2) is 0 Å². The first kappa shape index (κ1) is 14.7. The van der Waals surface area contributed by atoms with Gasteiger partial charge in [0.05, 0.1) is 24.7 Å². The van der Waals surface area contributed by atoms with Crippen molar-refractivity contribution >= 4 is 0 Å². The molecule has 0 aromatic heterocycles. The zero-order valence-electron chi connectivity index (χ0n) is 12.0. The average Bonchev–Trinajstić information content (AvgIpc) is 2.41. The second kappa shape index (κ2) is 5.00. The van der Waals surface area contributed by atoms with Crippen molar-refractivity contribution in [2.75, 3.05) is 20.8 Å². The Balaban J connectivity index is 2.33. The second-order valence-corrected chi connectivity index (χ2v) is 5.24. The molecular weight excluding hydrogens is 250 g/mol. The van der Waals surface area contributed by atoms with Crippen molar-refractivity contribution in [1.82, 2.24) is 0 Å². The van der Waals surface area contributed by atoms with Gasteiger partial charge in [-0.2, -0.15) is 5.26 Å². The Hall–Kier alpha value is -0.710. The van der Waals surface area contributed by atoms with Gasteiger partial charge in [-0.05, 0) is 20.8 Å². The Morgan fingerprint density at radius 1 is 1.11 bits per heavy atom. The summed E-state index contributed by atoms with van der Waals surface area (Å²) in [5.41, 5.74) is 0. The minimum Gasteiger partial charge on any atom is -0.374 e. The van der Waals surface area contributed by atoms with Crippen LogP contribution in [0.5, 0.6) is 0 Å². The number of hydrogen-bond acceptors (Lipinski definition) is 6. The van der Waals surface area contributed by atoms with Gasteiger partial charge >= 0.3 is 0 Å². The molecule has 0 unspecified atom stereocenters. The molecule has 0 bridgehead atoms. The third kappa shape index (κ3) is 2.16. The van der Waals surface area contributed by atoms with E-state index in [1.807, 2.05) is 6.92 Å². The first-order valence-corrected chi connectivity index (χ1v) is 6.38. The van der Waals surface area contributed by atoms with Crippen LogP contribution in [0.4, 0.5) is 0 Å². The molecule has 2 heterocycles. The van der Waals surface area contributed by atoms with Gasteiger partial charge in [-0.25, -0.2) is 0 Å². The highest BCUT2D eigenvalue weighted by molar-refractivity contribution is 5.03. The molecule has 6 atom stereocenters. The van der Waals surface area contributed by atoms with Crippen molar-refractivity contribution in [3.05, 3.63) is 0 Å². The third-order valence-electron chi connectivity index (χ3n) is 4.21. The summed E-state index contributed by atoms with van der Waals surface area (Å²) in [5, 5.41) is 9.21. The lowest BCUT2D eigenvalue weighted by Gasteiger charge is -2.55. The van der Waals surface area contributed by atoms with E-state index in [4.69, 9.17) is 23.7 Å². The van der Waals surface area contributed by atoms with E-state index in [1.165, 1.54) is 14.2 Å². The summed E-state index contributed by atoms with van der Waals surface area (Å²) in [7, 11) is 3.07. The number of fused-ring (bicyclic) bond motifs is 1. The molecule has 0 spiro atoms. The molecule has 108 valence electrons. The van der Waals surface area contributed by atoms with Crippen LogP contribution in [-0.4, -0.2) is 50.7 Å². The number of nitriles is 1. The lowest BCUT2D eigenvalue weighted by molar-refractivity contribution is -0.463. The Labute approximate surface area is 113 Å². The largest absolute Gasteiger partial charge is 0.374 e. The van der Waals surface area contributed by atoms with Gasteiger partial charge in [0.1, 0.15) is 12.2 Å². The zero-order chi connectivity index (χ0) is 14.3. The van der Waals surface area contributed by atoms with Gasteiger partial charge in [0, 0.05) is 14.2 Å². The number of methoxy groups -OCH3 is 2. The summed E-state index contributed by atoms with van der Waals surface area (Å²) in [6.45, 7) is 5.75. The maximum Gasteiger partial charge on any atom is 0.220 e. The normalized spacial score (nSPS) is 50.3. The molecular formula is C13H21NO5. The molecule has 0 aromatic rings. The Bertz CT molecular complexity index is 384. The number of nitrogens with zero attached hydrogens (tertiary/aromatic N) is 1. The van der Waals surface area contributed by atoms with Crippen LogP contribution < -0.4 is 0 Å². The molecule has 0 radical (unpaired) electrons. The minimum atomic E-state index is -1.07. The lowest BCUT2D eigenvalue weighted by Crippen LogP contribution is -2.69. The van der Waals surface area contributed by atoms with Gasteiger partial charge in [0.2, 0.25) is 11.6 Å². The molecule has 0 aromatic carbocycles. The smallest absolute Gasteiger partial charge is 0.220 e. The number of hydrogen-bond donors (Lipinski definition) is 0.